The molecule has 1 amide bonds. The van der Waals surface area contributed by atoms with E-state index in [2.05, 4.69) is 35.9 Å². The second kappa shape index (κ2) is 5.13. The van der Waals surface area contributed by atoms with E-state index in [4.69, 9.17) is 0 Å². The van der Waals surface area contributed by atoms with E-state index in [9.17, 15) is 4.79 Å². The van der Waals surface area contributed by atoms with E-state index in [1.165, 1.54) is 30.4 Å². The number of nitrogens with one attached hydrogen (secondary N) is 2. The van der Waals surface area contributed by atoms with Crippen LogP contribution in [0.25, 0.3) is 0 Å². The molecule has 2 N–H and O–H groups in total. The lowest BCUT2D eigenvalue weighted by Gasteiger charge is -2.25. The molecule has 1 aromatic rings. The summed E-state index contributed by atoms with van der Waals surface area (Å²) < 4.78 is 0. The van der Waals surface area contributed by atoms with Crippen molar-refractivity contribution in [2.75, 3.05) is 13.6 Å². The fourth-order valence-corrected chi connectivity index (χ4v) is 4.50. The molecule has 0 radical (unpaired) electrons. The first-order valence-electron chi connectivity index (χ1n) is 8.34. The Morgan fingerprint density at radius 1 is 1.24 bits per heavy atom. The SMILES string of the molecule is CNC(c1ccc2c(c1)C(=O)NCCC2)C1CC2CC2C1. The van der Waals surface area contributed by atoms with Crippen molar-refractivity contribution >= 4 is 5.91 Å². The van der Waals surface area contributed by atoms with Crippen LogP contribution < -0.4 is 10.6 Å². The number of aryl methyl sites for hydroxylation is 1. The average Bonchev–Trinajstić information content (AvgIpc) is 3.16. The van der Waals surface area contributed by atoms with Gasteiger partial charge in [-0.25, -0.2) is 0 Å². The van der Waals surface area contributed by atoms with Crippen LogP contribution in [0.15, 0.2) is 18.2 Å². The first-order chi connectivity index (χ1) is 10.3. The summed E-state index contributed by atoms with van der Waals surface area (Å²) in [5.74, 6) is 2.84. The molecule has 1 aliphatic heterocycles. The van der Waals surface area contributed by atoms with E-state index in [1.54, 1.807) is 0 Å². The minimum absolute atomic E-state index is 0.105. The minimum Gasteiger partial charge on any atom is -0.352 e. The Hall–Kier alpha value is -1.35. The van der Waals surface area contributed by atoms with Gasteiger partial charge in [0, 0.05) is 18.2 Å². The minimum atomic E-state index is 0.105. The van der Waals surface area contributed by atoms with Crippen LogP contribution in [0.4, 0.5) is 0 Å². The predicted octanol–water partition coefficient (Wildman–Crippen LogP) is 2.67. The molecular weight excluding hydrogens is 260 g/mol. The number of hydrogen-bond donors (Lipinski definition) is 2. The Bertz CT molecular complexity index is 558. The van der Waals surface area contributed by atoms with Crippen LogP contribution in [0.2, 0.25) is 0 Å². The quantitative estimate of drug-likeness (QED) is 0.896. The van der Waals surface area contributed by atoms with Crippen molar-refractivity contribution in [1.29, 1.82) is 0 Å². The van der Waals surface area contributed by atoms with E-state index < -0.39 is 0 Å². The molecule has 3 nitrogen and oxygen atoms in total. The Kier molecular flexibility index (Phi) is 3.26. The second-order valence-corrected chi connectivity index (χ2v) is 7.03. The Morgan fingerprint density at radius 2 is 2.05 bits per heavy atom. The first-order valence-corrected chi connectivity index (χ1v) is 8.34. The predicted molar refractivity (Wildman–Crippen MR) is 83.2 cm³/mol. The lowest BCUT2D eigenvalue weighted by molar-refractivity contribution is 0.0956. The zero-order chi connectivity index (χ0) is 14.4. The Balaban J connectivity index is 1.63. The Labute approximate surface area is 126 Å². The molecule has 0 spiro atoms. The van der Waals surface area contributed by atoms with Gasteiger partial charge in [-0.05, 0) is 74.1 Å². The summed E-state index contributed by atoms with van der Waals surface area (Å²) in [6.45, 7) is 0.796. The van der Waals surface area contributed by atoms with Crippen LogP contribution >= 0.6 is 0 Å². The summed E-state index contributed by atoms with van der Waals surface area (Å²) in [5.41, 5.74) is 3.39. The third-order valence-corrected chi connectivity index (χ3v) is 5.71. The number of fused-ring (bicyclic) bond motifs is 2. The fraction of sp³-hybridized carbons (Fsp3) is 0.611. The highest BCUT2D eigenvalue weighted by Gasteiger charge is 2.47. The van der Waals surface area contributed by atoms with Gasteiger partial charge in [-0.3, -0.25) is 4.79 Å². The van der Waals surface area contributed by atoms with Crippen LogP contribution in [0, 0.1) is 17.8 Å². The molecule has 3 atom stereocenters. The first kappa shape index (κ1) is 13.3. The molecule has 0 aromatic heterocycles. The summed E-state index contributed by atoms with van der Waals surface area (Å²) in [4.78, 5) is 12.2. The molecule has 0 bridgehead atoms. The second-order valence-electron chi connectivity index (χ2n) is 7.03. The molecule has 0 saturated heterocycles. The van der Waals surface area contributed by atoms with Gasteiger partial charge in [0.2, 0.25) is 0 Å². The van der Waals surface area contributed by atoms with Crippen molar-refractivity contribution in [2.24, 2.45) is 17.8 Å². The molecule has 2 fully saturated rings. The molecular formula is C18H24N2O. The van der Waals surface area contributed by atoms with Crippen molar-refractivity contribution in [3.63, 3.8) is 0 Å². The number of rotatable bonds is 3. The topological polar surface area (TPSA) is 41.1 Å². The maximum Gasteiger partial charge on any atom is 0.251 e. The van der Waals surface area contributed by atoms with E-state index in [1.807, 2.05) is 0 Å². The normalized spacial score (nSPS) is 31.9. The molecule has 4 rings (SSSR count). The maximum atomic E-state index is 12.2. The van der Waals surface area contributed by atoms with E-state index >= 15 is 0 Å². The molecule has 3 heteroatoms. The van der Waals surface area contributed by atoms with Crippen molar-refractivity contribution < 1.29 is 4.79 Å². The van der Waals surface area contributed by atoms with E-state index in [0.717, 1.165) is 42.7 Å². The smallest absolute Gasteiger partial charge is 0.251 e. The molecule has 3 aliphatic rings. The number of carbonyl (C=O) groups is 1. The van der Waals surface area contributed by atoms with Gasteiger partial charge in [0.25, 0.3) is 5.91 Å². The van der Waals surface area contributed by atoms with Crippen LogP contribution in [-0.4, -0.2) is 19.5 Å². The van der Waals surface area contributed by atoms with Gasteiger partial charge >= 0.3 is 0 Å². The largest absolute Gasteiger partial charge is 0.352 e. The van der Waals surface area contributed by atoms with Gasteiger partial charge in [-0.15, -0.1) is 0 Å². The van der Waals surface area contributed by atoms with Crippen LogP contribution in [0.3, 0.4) is 0 Å². The number of benzene rings is 1. The van der Waals surface area contributed by atoms with Crippen molar-refractivity contribution in [3.8, 4) is 0 Å². The van der Waals surface area contributed by atoms with Gasteiger partial charge in [-0.2, -0.15) is 0 Å². The third-order valence-electron chi connectivity index (χ3n) is 5.71. The summed E-state index contributed by atoms with van der Waals surface area (Å²) in [6, 6.07) is 6.96. The lowest BCUT2D eigenvalue weighted by atomic mass is 9.87. The summed E-state index contributed by atoms with van der Waals surface area (Å²) in [7, 11) is 2.06. The number of hydrogen-bond acceptors (Lipinski definition) is 2. The monoisotopic (exact) mass is 284 g/mol. The molecule has 21 heavy (non-hydrogen) atoms. The highest BCUT2D eigenvalue weighted by molar-refractivity contribution is 5.96. The lowest BCUT2D eigenvalue weighted by Crippen LogP contribution is -2.26. The maximum absolute atomic E-state index is 12.2. The average molecular weight is 284 g/mol. The number of amides is 1. The standard InChI is InChI=1S/C18H24N2O/c1-19-17(15-8-13-7-14(13)9-15)12-5-4-11-3-2-6-20-18(21)16(11)10-12/h4-5,10,13-15,17,19H,2-3,6-9H2,1H3,(H,20,21). The Morgan fingerprint density at radius 3 is 2.81 bits per heavy atom. The fourth-order valence-electron chi connectivity index (χ4n) is 4.50. The van der Waals surface area contributed by atoms with Gasteiger partial charge in [0.15, 0.2) is 0 Å². The number of carbonyl (C=O) groups excluding carboxylic acids is 1. The molecule has 2 aliphatic carbocycles. The van der Waals surface area contributed by atoms with Gasteiger partial charge < -0.3 is 10.6 Å². The molecule has 3 unspecified atom stereocenters. The van der Waals surface area contributed by atoms with Crippen LogP contribution in [0.5, 0.6) is 0 Å². The third kappa shape index (κ3) is 2.38. The zero-order valence-corrected chi connectivity index (χ0v) is 12.7. The molecule has 1 aromatic carbocycles. The zero-order valence-electron chi connectivity index (χ0n) is 12.7. The van der Waals surface area contributed by atoms with Crippen LogP contribution in [0.1, 0.15) is 53.2 Å². The van der Waals surface area contributed by atoms with Crippen molar-refractivity contribution in [2.45, 2.75) is 38.1 Å². The van der Waals surface area contributed by atoms with Gasteiger partial charge in [-0.1, -0.05) is 12.1 Å². The molecule has 112 valence electrons. The highest BCUT2D eigenvalue weighted by atomic mass is 16.1. The van der Waals surface area contributed by atoms with Crippen LogP contribution in [-0.2, 0) is 6.42 Å². The van der Waals surface area contributed by atoms with Gasteiger partial charge in [0.1, 0.15) is 0 Å². The summed E-state index contributed by atoms with van der Waals surface area (Å²) in [5, 5.41) is 6.52. The van der Waals surface area contributed by atoms with Crippen molar-refractivity contribution in [1.82, 2.24) is 10.6 Å². The van der Waals surface area contributed by atoms with Gasteiger partial charge in [0.05, 0.1) is 0 Å². The summed E-state index contributed by atoms with van der Waals surface area (Å²) in [6.07, 6.45) is 6.23. The summed E-state index contributed by atoms with van der Waals surface area (Å²) >= 11 is 0. The van der Waals surface area contributed by atoms with E-state index in [-0.39, 0.29) is 5.91 Å². The molecule has 2 saturated carbocycles. The van der Waals surface area contributed by atoms with E-state index in [0.29, 0.717) is 6.04 Å². The highest BCUT2D eigenvalue weighted by Crippen LogP contribution is 2.57. The van der Waals surface area contributed by atoms with Crippen molar-refractivity contribution in [3.05, 3.63) is 34.9 Å². The molecule has 1 heterocycles.